The van der Waals surface area contributed by atoms with E-state index in [0.29, 0.717) is 22.8 Å². The number of aromatic nitrogens is 2. The zero-order valence-electron chi connectivity index (χ0n) is 17.8. The Bertz CT molecular complexity index is 1340. The van der Waals surface area contributed by atoms with Crippen molar-refractivity contribution in [3.63, 3.8) is 0 Å². The van der Waals surface area contributed by atoms with Crippen LogP contribution in [0.1, 0.15) is 21.1 Å². The van der Waals surface area contributed by atoms with Crippen molar-refractivity contribution in [2.45, 2.75) is 26.6 Å². The van der Waals surface area contributed by atoms with Crippen molar-refractivity contribution in [1.29, 1.82) is 0 Å². The number of nitrogens with zero attached hydrogens (tertiary/aromatic N) is 2. The van der Waals surface area contributed by atoms with Crippen LogP contribution >= 0.6 is 11.3 Å². The topological polar surface area (TPSA) is 70.1 Å². The molecule has 9 heteroatoms. The molecule has 0 bridgehead atoms. The molecule has 0 aliphatic rings. The lowest BCUT2D eigenvalue weighted by atomic mass is 10.1. The van der Waals surface area contributed by atoms with Gasteiger partial charge in [-0.25, -0.2) is 4.98 Å². The van der Waals surface area contributed by atoms with Crippen molar-refractivity contribution in [1.82, 2.24) is 9.55 Å². The number of ether oxygens (including phenoxy) is 1. The largest absolute Gasteiger partial charge is 0.457 e. The summed E-state index contributed by atoms with van der Waals surface area (Å²) in [4.78, 5) is 18.3. The third kappa shape index (κ3) is 4.78. The van der Waals surface area contributed by atoms with E-state index in [9.17, 15) is 18.0 Å². The predicted molar refractivity (Wildman–Crippen MR) is 123 cm³/mol. The monoisotopic (exact) mass is 471 g/mol. The number of pyridine rings is 1. The Morgan fingerprint density at radius 3 is 2.24 bits per heavy atom. The van der Waals surface area contributed by atoms with Crippen molar-refractivity contribution in [2.75, 3.05) is 5.73 Å². The average Bonchev–Trinajstić information content (AvgIpc) is 3.09. The second-order valence-corrected chi connectivity index (χ2v) is 8.83. The van der Waals surface area contributed by atoms with E-state index in [-0.39, 0.29) is 12.2 Å². The number of thiazole rings is 1. The fourth-order valence-corrected chi connectivity index (χ4v) is 4.31. The number of anilines is 1. The van der Waals surface area contributed by atoms with Crippen LogP contribution in [0.5, 0.6) is 11.5 Å². The Hall–Kier alpha value is -3.59. The molecule has 0 saturated heterocycles. The lowest BCUT2D eigenvalue weighted by Crippen LogP contribution is -2.29. The first-order chi connectivity index (χ1) is 15.6. The maximum Gasteiger partial charge on any atom is 0.418 e. The van der Waals surface area contributed by atoms with Crippen LogP contribution in [0.2, 0.25) is 0 Å². The van der Waals surface area contributed by atoms with E-state index in [2.05, 4.69) is 4.98 Å². The molecule has 0 spiro atoms. The van der Waals surface area contributed by atoms with E-state index in [4.69, 9.17) is 10.5 Å². The molecule has 0 unspecified atom stereocenters. The number of halogens is 3. The van der Waals surface area contributed by atoms with Gasteiger partial charge in [-0.2, -0.15) is 13.2 Å². The van der Waals surface area contributed by atoms with E-state index in [0.717, 1.165) is 16.0 Å². The van der Waals surface area contributed by atoms with Crippen molar-refractivity contribution >= 4 is 17.0 Å². The van der Waals surface area contributed by atoms with Gasteiger partial charge in [0.15, 0.2) is 0 Å². The summed E-state index contributed by atoms with van der Waals surface area (Å²) in [5, 5.41) is 0.805. The predicted octanol–water partition coefficient (Wildman–Crippen LogP) is 6.03. The normalized spacial score (nSPS) is 11.5. The molecule has 5 nitrogen and oxygen atoms in total. The Kier molecular flexibility index (Phi) is 5.99. The molecule has 2 aromatic heterocycles. The second kappa shape index (κ2) is 8.74. The second-order valence-electron chi connectivity index (χ2n) is 7.42. The lowest BCUT2D eigenvalue weighted by Gasteiger charge is -2.18. The quantitative estimate of drug-likeness (QED) is 0.386. The third-order valence-electron chi connectivity index (χ3n) is 5.08. The summed E-state index contributed by atoms with van der Waals surface area (Å²) in [6.45, 7) is 3.69. The highest BCUT2D eigenvalue weighted by atomic mass is 32.1. The summed E-state index contributed by atoms with van der Waals surface area (Å²) in [5.41, 5.74) is 3.86. The number of hydrogen-bond donors (Lipinski definition) is 1. The molecule has 2 N–H and O–H groups in total. The molecule has 0 saturated carbocycles. The van der Waals surface area contributed by atoms with Gasteiger partial charge in [0.2, 0.25) is 0 Å². The van der Waals surface area contributed by atoms with E-state index in [1.165, 1.54) is 15.9 Å². The van der Waals surface area contributed by atoms with Crippen molar-refractivity contribution < 1.29 is 17.9 Å². The van der Waals surface area contributed by atoms with Crippen LogP contribution in [0.4, 0.5) is 18.9 Å². The number of rotatable bonds is 5. The number of benzene rings is 2. The molecule has 0 amide bonds. The minimum atomic E-state index is -4.76. The summed E-state index contributed by atoms with van der Waals surface area (Å²) in [6, 6.07) is 16.5. The number of alkyl halides is 3. The van der Waals surface area contributed by atoms with E-state index in [1.807, 2.05) is 32.0 Å². The molecular weight excluding hydrogens is 451 g/mol. The van der Waals surface area contributed by atoms with Gasteiger partial charge in [0, 0.05) is 4.88 Å². The van der Waals surface area contributed by atoms with Crippen molar-refractivity contribution in [3.8, 4) is 22.8 Å². The van der Waals surface area contributed by atoms with Gasteiger partial charge in [-0.05, 0) is 61.9 Å². The third-order valence-corrected chi connectivity index (χ3v) is 6.01. The molecule has 170 valence electrons. The first-order valence-corrected chi connectivity index (χ1v) is 10.8. The molecular formula is C24H20F3N3O2S. The van der Waals surface area contributed by atoms with Gasteiger partial charge in [-0.15, -0.1) is 11.3 Å². The van der Waals surface area contributed by atoms with Crippen LogP contribution in [0.3, 0.4) is 0 Å². The van der Waals surface area contributed by atoms with Gasteiger partial charge in [-0.1, -0.05) is 18.2 Å². The van der Waals surface area contributed by atoms with Gasteiger partial charge < -0.3 is 15.0 Å². The van der Waals surface area contributed by atoms with Crippen LogP contribution < -0.4 is 16.0 Å². The molecule has 2 heterocycles. The lowest BCUT2D eigenvalue weighted by molar-refractivity contribution is -0.137. The summed E-state index contributed by atoms with van der Waals surface area (Å²) < 4.78 is 47.8. The number of nitrogens with two attached hydrogens (primary N) is 1. The fraction of sp³-hybridized carbons (Fsp3) is 0.167. The SMILES string of the molecule is Cc1nc(Cn2c(-c3ccc(Oc4ccccc4)cc3)cc(C(F)(F)F)c(N)c2=O)c(C)s1. The Labute approximate surface area is 191 Å². The maximum atomic E-state index is 13.6. The van der Waals surface area contributed by atoms with E-state index >= 15 is 0 Å². The Morgan fingerprint density at radius 1 is 1.03 bits per heavy atom. The molecule has 33 heavy (non-hydrogen) atoms. The summed E-state index contributed by atoms with van der Waals surface area (Å²) in [7, 11) is 0. The molecule has 0 atom stereocenters. The molecule has 0 radical (unpaired) electrons. The first kappa shape index (κ1) is 22.6. The maximum absolute atomic E-state index is 13.6. The van der Waals surface area contributed by atoms with E-state index < -0.39 is 23.0 Å². The van der Waals surface area contributed by atoms with E-state index in [1.54, 1.807) is 36.4 Å². The van der Waals surface area contributed by atoms with Crippen LogP contribution in [-0.4, -0.2) is 9.55 Å². The minimum Gasteiger partial charge on any atom is -0.457 e. The van der Waals surface area contributed by atoms with Crippen LogP contribution in [0.15, 0.2) is 65.5 Å². The average molecular weight is 472 g/mol. The number of para-hydroxylation sites is 1. The van der Waals surface area contributed by atoms with Gasteiger partial charge in [0.1, 0.15) is 17.2 Å². The Morgan fingerprint density at radius 2 is 1.67 bits per heavy atom. The molecule has 2 aromatic carbocycles. The van der Waals surface area contributed by atoms with Crippen LogP contribution in [-0.2, 0) is 12.7 Å². The zero-order chi connectivity index (χ0) is 23.8. The molecule has 0 fully saturated rings. The van der Waals surface area contributed by atoms with Crippen LogP contribution in [0.25, 0.3) is 11.3 Å². The van der Waals surface area contributed by atoms with Crippen LogP contribution in [0, 0.1) is 13.8 Å². The molecule has 0 aliphatic heterocycles. The highest BCUT2D eigenvalue weighted by Gasteiger charge is 2.35. The smallest absolute Gasteiger partial charge is 0.418 e. The zero-order valence-corrected chi connectivity index (χ0v) is 18.6. The number of hydrogen-bond acceptors (Lipinski definition) is 5. The minimum absolute atomic E-state index is 0.00887. The molecule has 4 aromatic rings. The Balaban J connectivity index is 1.80. The summed E-state index contributed by atoms with van der Waals surface area (Å²) >= 11 is 1.46. The standard InChI is InChI=1S/C24H20F3N3O2S/c1-14-20(29-15(2)33-14)13-30-21(12-19(24(25,26)27)22(28)23(30)31)16-8-10-18(11-9-16)32-17-6-4-3-5-7-17/h3-12H,13,28H2,1-2H3. The number of nitrogen functional groups attached to an aromatic ring is 1. The van der Waals surface area contributed by atoms with Gasteiger partial charge >= 0.3 is 6.18 Å². The number of aryl methyl sites for hydroxylation is 2. The van der Waals surface area contributed by atoms with Gasteiger partial charge in [-0.3, -0.25) is 4.79 Å². The summed E-state index contributed by atoms with van der Waals surface area (Å²) in [6.07, 6.45) is -4.76. The highest BCUT2D eigenvalue weighted by Crippen LogP contribution is 2.35. The van der Waals surface area contributed by atoms with Crippen molar-refractivity contribution in [2.24, 2.45) is 0 Å². The summed E-state index contributed by atoms with van der Waals surface area (Å²) in [5.74, 6) is 1.14. The van der Waals surface area contributed by atoms with Gasteiger partial charge in [0.25, 0.3) is 5.56 Å². The van der Waals surface area contributed by atoms with Crippen molar-refractivity contribution in [3.05, 3.63) is 92.2 Å². The molecule has 0 aliphatic carbocycles. The highest BCUT2D eigenvalue weighted by molar-refractivity contribution is 7.11. The molecule has 4 rings (SSSR count). The van der Waals surface area contributed by atoms with Gasteiger partial charge in [0.05, 0.1) is 28.5 Å². The first-order valence-electron chi connectivity index (χ1n) is 10.00. The fourth-order valence-electron chi connectivity index (χ4n) is 3.48.